The summed E-state index contributed by atoms with van der Waals surface area (Å²) in [5.41, 5.74) is 0. The molecule has 5 heteroatoms. The summed E-state index contributed by atoms with van der Waals surface area (Å²) < 4.78 is 11.9. The van der Waals surface area contributed by atoms with Crippen molar-refractivity contribution in [1.82, 2.24) is 4.90 Å². The average molecular weight is 394 g/mol. The molecular formula is C23H27NO3Si. The van der Waals surface area contributed by atoms with Crippen molar-refractivity contribution < 1.29 is 14.0 Å². The molecule has 146 valence electrons. The maximum Gasteiger partial charge on any atom is 0.416 e. The highest BCUT2D eigenvalue weighted by molar-refractivity contribution is 6.99. The SMILES string of the molecule is COC(=O)N1CC=CC=C1O[Si](c1ccccc1)(c1ccccc1)C(C)(C)C. The van der Waals surface area contributed by atoms with Crippen molar-refractivity contribution in [2.24, 2.45) is 0 Å². The molecule has 0 N–H and O–H groups in total. The van der Waals surface area contributed by atoms with Gasteiger partial charge in [0.2, 0.25) is 0 Å². The van der Waals surface area contributed by atoms with E-state index in [0.717, 1.165) is 10.4 Å². The van der Waals surface area contributed by atoms with Gasteiger partial charge in [-0.25, -0.2) is 9.69 Å². The fourth-order valence-corrected chi connectivity index (χ4v) is 8.09. The van der Waals surface area contributed by atoms with E-state index in [1.54, 1.807) is 4.90 Å². The molecule has 0 atom stereocenters. The maximum absolute atomic E-state index is 12.4. The lowest BCUT2D eigenvalue weighted by Crippen LogP contribution is -2.67. The van der Waals surface area contributed by atoms with Gasteiger partial charge in [-0.2, -0.15) is 0 Å². The Kier molecular flexibility index (Phi) is 5.75. The highest BCUT2D eigenvalue weighted by atomic mass is 28.4. The topological polar surface area (TPSA) is 38.8 Å². The van der Waals surface area contributed by atoms with Crippen LogP contribution in [0.4, 0.5) is 4.79 Å². The molecule has 1 aliphatic heterocycles. The molecule has 2 aromatic carbocycles. The zero-order valence-electron chi connectivity index (χ0n) is 16.9. The summed E-state index contributed by atoms with van der Waals surface area (Å²) in [5.74, 6) is 0.531. The van der Waals surface area contributed by atoms with Gasteiger partial charge < -0.3 is 9.16 Å². The van der Waals surface area contributed by atoms with Crippen molar-refractivity contribution in [2.45, 2.75) is 25.8 Å². The zero-order chi connectivity index (χ0) is 20.2. The molecule has 1 heterocycles. The molecule has 1 aliphatic rings. The first-order chi connectivity index (χ1) is 13.4. The number of hydrogen-bond acceptors (Lipinski definition) is 3. The fraction of sp³-hybridized carbons (Fsp3) is 0.261. The minimum atomic E-state index is -2.79. The van der Waals surface area contributed by atoms with E-state index in [0.29, 0.717) is 12.4 Å². The van der Waals surface area contributed by atoms with E-state index in [4.69, 9.17) is 9.16 Å². The molecule has 0 saturated heterocycles. The average Bonchev–Trinajstić information content (AvgIpc) is 2.72. The lowest BCUT2D eigenvalue weighted by atomic mass is 10.2. The molecule has 0 bridgehead atoms. The third kappa shape index (κ3) is 3.62. The molecule has 0 spiro atoms. The van der Waals surface area contributed by atoms with Crippen molar-refractivity contribution in [3.8, 4) is 0 Å². The minimum absolute atomic E-state index is 0.181. The number of allylic oxidation sites excluding steroid dienone is 2. The van der Waals surface area contributed by atoms with Crippen LogP contribution in [0.1, 0.15) is 20.8 Å². The summed E-state index contributed by atoms with van der Waals surface area (Å²) in [4.78, 5) is 13.9. The van der Waals surface area contributed by atoms with E-state index < -0.39 is 14.4 Å². The second-order valence-electron chi connectivity index (χ2n) is 7.78. The van der Waals surface area contributed by atoms with E-state index in [9.17, 15) is 4.79 Å². The lowest BCUT2D eigenvalue weighted by molar-refractivity contribution is 0.120. The van der Waals surface area contributed by atoms with Gasteiger partial charge in [0.25, 0.3) is 0 Å². The van der Waals surface area contributed by atoms with Crippen molar-refractivity contribution in [2.75, 3.05) is 13.7 Å². The second-order valence-corrected chi connectivity index (χ2v) is 12.0. The Labute approximate surface area is 168 Å². The van der Waals surface area contributed by atoms with Gasteiger partial charge in [0.05, 0.1) is 13.7 Å². The third-order valence-electron chi connectivity index (χ3n) is 5.00. The molecule has 0 aliphatic carbocycles. The predicted molar refractivity (Wildman–Crippen MR) is 115 cm³/mol. The number of hydrogen-bond donors (Lipinski definition) is 0. The number of amides is 1. The van der Waals surface area contributed by atoms with Gasteiger partial charge in [-0.3, -0.25) is 0 Å². The smallest absolute Gasteiger partial charge is 0.416 e. The Morgan fingerprint density at radius 2 is 1.50 bits per heavy atom. The quantitative estimate of drug-likeness (QED) is 0.736. The van der Waals surface area contributed by atoms with Crippen LogP contribution in [-0.2, 0) is 9.16 Å². The van der Waals surface area contributed by atoms with Crippen molar-refractivity contribution in [3.05, 3.63) is 84.8 Å². The van der Waals surface area contributed by atoms with Crippen LogP contribution < -0.4 is 10.4 Å². The summed E-state index contributed by atoms with van der Waals surface area (Å²) >= 11 is 0. The normalized spacial score (nSPS) is 14.4. The molecule has 1 amide bonds. The summed E-state index contributed by atoms with van der Waals surface area (Å²) in [5, 5.41) is 2.14. The van der Waals surface area contributed by atoms with Crippen molar-refractivity contribution in [1.29, 1.82) is 0 Å². The monoisotopic (exact) mass is 393 g/mol. The summed E-state index contributed by atoms with van der Waals surface area (Å²) in [6.07, 6.45) is 5.26. The van der Waals surface area contributed by atoms with Crippen LogP contribution in [0, 0.1) is 0 Å². The maximum atomic E-state index is 12.4. The van der Waals surface area contributed by atoms with Crippen molar-refractivity contribution >= 4 is 24.8 Å². The van der Waals surface area contributed by atoms with E-state index in [2.05, 4.69) is 45.0 Å². The highest BCUT2D eigenvalue weighted by Gasteiger charge is 2.53. The Morgan fingerprint density at radius 1 is 0.964 bits per heavy atom. The first kappa shape index (κ1) is 20.0. The summed E-state index contributed by atoms with van der Waals surface area (Å²) in [6, 6.07) is 20.7. The first-order valence-corrected chi connectivity index (χ1v) is 11.3. The second kappa shape index (κ2) is 8.06. The van der Waals surface area contributed by atoms with Crippen molar-refractivity contribution in [3.63, 3.8) is 0 Å². The largest absolute Gasteiger partial charge is 0.522 e. The van der Waals surface area contributed by atoms with Crippen LogP contribution in [-0.4, -0.2) is 33.0 Å². The molecule has 0 aromatic heterocycles. The van der Waals surface area contributed by atoms with Gasteiger partial charge in [-0.05, 0) is 21.5 Å². The first-order valence-electron chi connectivity index (χ1n) is 9.42. The molecule has 4 nitrogen and oxygen atoms in total. The molecule has 3 rings (SSSR count). The van der Waals surface area contributed by atoms with Crippen LogP contribution >= 0.6 is 0 Å². The molecule has 0 fully saturated rings. The van der Waals surface area contributed by atoms with E-state index in [1.807, 2.05) is 54.6 Å². The number of carbonyl (C=O) groups is 1. The van der Waals surface area contributed by atoms with E-state index in [-0.39, 0.29) is 5.04 Å². The number of nitrogens with zero attached hydrogens (tertiary/aromatic N) is 1. The van der Waals surface area contributed by atoms with E-state index >= 15 is 0 Å². The van der Waals surface area contributed by atoms with Gasteiger partial charge >= 0.3 is 14.4 Å². The van der Waals surface area contributed by atoms with Gasteiger partial charge in [0, 0.05) is 0 Å². The fourth-order valence-electron chi connectivity index (χ4n) is 3.67. The van der Waals surface area contributed by atoms with Crippen LogP contribution in [0.2, 0.25) is 5.04 Å². The molecule has 0 radical (unpaired) electrons. The number of ether oxygens (including phenoxy) is 1. The van der Waals surface area contributed by atoms with Crippen LogP contribution in [0.25, 0.3) is 0 Å². The van der Waals surface area contributed by atoms with Crippen LogP contribution in [0.3, 0.4) is 0 Å². The molecule has 0 unspecified atom stereocenters. The number of methoxy groups -OCH3 is 1. The standard InChI is InChI=1S/C23H27NO3Si/c1-23(2,3)28(19-13-7-5-8-14-19,20-15-9-6-10-16-20)27-21-17-11-12-18-24(21)22(25)26-4/h5-17H,18H2,1-4H3. The number of carbonyl (C=O) groups excluding carboxylic acids is 1. The Morgan fingerprint density at radius 3 is 1.96 bits per heavy atom. The number of rotatable bonds is 4. The molecule has 2 aromatic rings. The Hall–Kier alpha value is -2.79. The third-order valence-corrected chi connectivity index (χ3v) is 9.92. The number of benzene rings is 2. The van der Waals surface area contributed by atoms with Crippen LogP contribution in [0.15, 0.2) is 84.8 Å². The Balaban J connectivity index is 2.20. The van der Waals surface area contributed by atoms with Gasteiger partial charge in [0.1, 0.15) is 0 Å². The Bertz CT molecular complexity index is 830. The van der Waals surface area contributed by atoms with Gasteiger partial charge in [-0.1, -0.05) is 93.6 Å². The van der Waals surface area contributed by atoms with Gasteiger partial charge in [-0.15, -0.1) is 0 Å². The van der Waals surface area contributed by atoms with Crippen LogP contribution in [0.5, 0.6) is 0 Å². The lowest BCUT2D eigenvalue weighted by Gasteiger charge is -2.44. The zero-order valence-corrected chi connectivity index (χ0v) is 17.9. The molecule has 28 heavy (non-hydrogen) atoms. The highest BCUT2D eigenvalue weighted by Crippen LogP contribution is 2.38. The van der Waals surface area contributed by atoms with Gasteiger partial charge in [0.15, 0.2) is 5.88 Å². The summed E-state index contributed by atoms with van der Waals surface area (Å²) in [7, 11) is -1.40. The minimum Gasteiger partial charge on any atom is -0.522 e. The molecule has 0 saturated carbocycles. The molecular weight excluding hydrogens is 366 g/mol. The summed E-state index contributed by atoms with van der Waals surface area (Å²) in [6.45, 7) is 7.06. The predicted octanol–water partition coefficient (Wildman–Crippen LogP) is 4.04. The van der Waals surface area contributed by atoms with E-state index in [1.165, 1.54) is 7.11 Å².